The molecule has 3 aromatic rings. The molecule has 2 aromatic carbocycles. The van der Waals surface area contributed by atoms with E-state index in [1.54, 1.807) is 7.11 Å². The van der Waals surface area contributed by atoms with Crippen LogP contribution in [0, 0.1) is 0 Å². The molecule has 8 heteroatoms. The molecule has 1 amide bonds. The highest BCUT2D eigenvalue weighted by Crippen LogP contribution is 2.43. The van der Waals surface area contributed by atoms with Crippen molar-refractivity contribution in [2.45, 2.75) is 12.5 Å². The second-order valence-electron chi connectivity index (χ2n) is 8.35. The van der Waals surface area contributed by atoms with E-state index in [1.807, 2.05) is 53.4 Å². The number of rotatable bonds is 7. The van der Waals surface area contributed by atoms with Crippen molar-refractivity contribution in [3.8, 4) is 17.0 Å². The minimum absolute atomic E-state index is 0.0146. The fourth-order valence-electron chi connectivity index (χ4n) is 4.68. The summed E-state index contributed by atoms with van der Waals surface area (Å²) in [6, 6.07) is 15.3. The Morgan fingerprint density at radius 1 is 1.09 bits per heavy atom. The lowest BCUT2D eigenvalue weighted by molar-refractivity contribution is 0.0354. The van der Waals surface area contributed by atoms with E-state index in [0.717, 1.165) is 67.4 Å². The molecule has 7 nitrogen and oxygen atoms in total. The number of nitrogens with one attached hydrogen (secondary N) is 1. The van der Waals surface area contributed by atoms with Gasteiger partial charge in [0.25, 0.3) is 5.91 Å². The molecule has 0 radical (unpaired) electrons. The number of halogens is 1. The molecule has 172 valence electrons. The molecular formula is C25H27ClN4O3. The lowest BCUT2D eigenvalue weighted by Crippen LogP contribution is -2.38. The van der Waals surface area contributed by atoms with Crippen LogP contribution in [0.5, 0.6) is 5.75 Å². The Morgan fingerprint density at radius 3 is 2.52 bits per heavy atom. The quantitative estimate of drug-likeness (QED) is 0.569. The molecule has 2 aliphatic heterocycles. The average Bonchev–Trinajstić information content (AvgIpc) is 3.40. The Labute approximate surface area is 198 Å². The number of methoxy groups -OCH3 is 1. The van der Waals surface area contributed by atoms with E-state index in [-0.39, 0.29) is 11.9 Å². The predicted molar refractivity (Wildman–Crippen MR) is 127 cm³/mol. The third-order valence-corrected chi connectivity index (χ3v) is 6.64. The van der Waals surface area contributed by atoms with Gasteiger partial charge in [-0.2, -0.15) is 5.10 Å². The number of aromatic amines is 1. The molecule has 33 heavy (non-hydrogen) atoms. The number of ether oxygens (including phenoxy) is 2. The largest absolute Gasteiger partial charge is 0.497 e. The minimum Gasteiger partial charge on any atom is -0.497 e. The summed E-state index contributed by atoms with van der Waals surface area (Å²) in [6.07, 6.45) is 0.894. The number of nitrogens with zero attached hydrogens (tertiary/aromatic N) is 3. The number of aromatic nitrogens is 2. The highest BCUT2D eigenvalue weighted by atomic mass is 35.5. The van der Waals surface area contributed by atoms with Gasteiger partial charge in [-0.15, -0.1) is 0 Å². The van der Waals surface area contributed by atoms with E-state index < -0.39 is 0 Å². The van der Waals surface area contributed by atoms with Crippen molar-refractivity contribution in [1.29, 1.82) is 0 Å². The molecule has 0 aliphatic carbocycles. The highest BCUT2D eigenvalue weighted by Gasteiger charge is 2.41. The zero-order chi connectivity index (χ0) is 22.8. The van der Waals surface area contributed by atoms with Crippen LogP contribution in [-0.4, -0.2) is 72.4 Å². The topological polar surface area (TPSA) is 70.7 Å². The van der Waals surface area contributed by atoms with Crippen molar-refractivity contribution in [2.24, 2.45) is 0 Å². The van der Waals surface area contributed by atoms with Gasteiger partial charge in [0.15, 0.2) is 0 Å². The van der Waals surface area contributed by atoms with Crippen LogP contribution in [0.25, 0.3) is 11.3 Å². The monoisotopic (exact) mass is 466 g/mol. The first-order valence-electron chi connectivity index (χ1n) is 11.2. The number of H-pyrrole nitrogens is 1. The van der Waals surface area contributed by atoms with Crippen molar-refractivity contribution in [1.82, 2.24) is 20.0 Å². The molecule has 0 bridgehead atoms. The fraction of sp³-hybridized carbons (Fsp3) is 0.360. The van der Waals surface area contributed by atoms with Gasteiger partial charge in [0, 0.05) is 42.3 Å². The summed E-state index contributed by atoms with van der Waals surface area (Å²) in [7, 11) is 1.64. The van der Waals surface area contributed by atoms with Gasteiger partial charge < -0.3 is 14.4 Å². The lowest BCUT2D eigenvalue weighted by atomic mass is 9.96. The summed E-state index contributed by atoms with van der Waals surface area (Å²) in [5.74, 6) is 0.764. The Bertz CT molecular complexity index is 1110. The van der Waals surface area contributed by atoms with Crippen LogP contribution in [0.15, 0.2) is 48.5 Å². The first kappa shape index (κ1) is 21.9. The third-order valence-electron chi connectivity index (χ3n) is 6.39. The van der Waals surface area contributed by atoms with Gasteiger partial charge >= 0.3 is 0 Å². The van der Waals surface area contributed by atoms with E-state index in [1.165, 1.54) is 0 Å². The maximum absolute atomic E-state index is 13.4. The van der Waals surface area contributed by atoms with Crippen LogP contribution in [-0.2, 0) is 4.74 Å². The SMILES string of the molecule is COc1ccc(-c2n[nH]c3c2C(c2ccc(Cl)cc2)N(CCCN2CCOCC2)C3=O)cc1. The van der Waals surface area contributed by atoms with Gasteiger partial charge in [0.2, 0.25) is 0 Å². The second-order valence-corrected chi connectivity index (χ2v) is 8.79. The zero-order valence-corrected chi connectivity index (χ0v) is 19.3. The predicted octanol–water partition coefficient (Wildman–Crippen LogP) is 4.01. The number of hydrogen-bond acceptors (Lipinski definition) is 5. The van der Waals surface area contributed by atoms with Gasteiger partial charge in [-0.05, 0) is 48.4 Å². The number of carbonyl (C=O) groups is 1. The summed E-state index contributed by atoms with van der Waals surface area (Å²) in [4.78, 5) is 17.8. The van der Waals surface area contributed by atoms with Crippen molar-refractivity contribution >= 4 is 17.5 Å². The van der Waals surface area contributed by atoms with Crippen LogP contribution in [0.3, 0.4) is 0 Å². The molecule has 5 rings (SSSR count). The molecule has 1 aromatic heterocycles. The second kappa shape index (κ2) is 9.55. The number of morpholine rings is 1. The van der Waals surface area contributed by atoms with Crippen LogP contribution in [0.1, 0.15) is 34.1 Å². The molecule has 1 fully saturated rings. The van der Waals surface area contributed by atoms with E-state index >= 15 is 0 Å². The molecule has 2 aliphatic rings. The zero-order valence-electron chi connectivity index (χ0n) is 18.6. The molecule has 1 N–H and O–H groups in total. The third kappa shape index (κ3) is 4.36. The molecule has 1 saturated heterocycles. The maximum atomic E-state index is 13.4. The van der Waals surface area contributed by atoms with Crippen molar-refractivity contribution < 1.29 is 14.3 Å². The average molecular weight is 467 g/mol. The summed E-state index contributed by atoms with van der Waals surface area (Å²) in [6.45, 7) is 5.04. The first-order valence-corrected chi connectivity index (χ1v) is 11.6. The van der Waals surface area contributed by atoms with Crippen LogP contribution < -0.4 is 4.74 Å². The number of fused-ring (bicyclic) bond motifs is 1. The number of amides is 1. The molecule has 3 heterocycles. The van der Waals surface area contributed by atoms with Crippen LogP contribution >= 0.6 is 11.6 Å². The Hall–Kier alpha value is -2.87. The Kier molecular flexibility index (Phi) is 6.35. The van der Waals surface area contributed by atoms with E-state index in [2.05, 4.69) is 15.1 Å². The van der Waals surface area contributed by atoms with Crippen LogP contribution in [0.2, 0.25) is 5.02 Å². The first-order chi connectivity index (χ1) is 16.2. The van der Waals surface area contributed by atoms with Gasteiger partial charge in [0.05, 0.1) is 32.1 Å². The standard InChI is InChI=1S/C25H27ClN4O3/c1-32-20-9-5-17(6-10-20)22-21-23(28-27-22)25(31)30(12-2-11-29-13-15-33-16-14-29)24(21)18-3-7-19(26)8-4-18/h3-10,24H,2,11-16H2,1H3,(H,27,28). The summed E-state index contributed by atoms with van der Waals surface area (Å²) >= 11 is 6.16. The molecular weight excluding hydrogens is 440 g/mol. The number of benzene rings is 2. The summed E-state index contributed by atoms with van der Waals surface area (Å²) < 4.78 is 10.7. The minimum atomic E-state index is -0.217. The Balaban J connectivity index is 1.46. The maximum Gasteiger partial charge on any atom is 0.273 e. The van der Waals surface area contributed by atoms with Gasteiger partial charge in [-0.25, -0.2) is 0 Å². The summed E-state index contributed by atoms with van der Waals surface area (Å²) in [5, 5.41) is 8.22. The van der Waals surface area contributed by atoms with Crippen LogP contribution in [0.4, 0.5) is 0 Å². The van der Waals surface area contributed by atoms with Gasteiger partial charge in [-0.1, -0.05) is 23.7 Å². The van der Waals surface area contributed by atoms with Gasteiger partial charge in [-0.3, -0.25) is 14.8 Å². The molecule has 1 unspecified atom stereocenters. The highest BCUT2D eigenvalue weighted by molar-refractivity contribution is 6.30. The van der Waals surface area contributed by atoms with E-state index in [4.69, 9.17) is 21.1 Å². The smallest absolute Gasteiger partial charge is 0.273 e. The summed E-state index contributed by atoms with van der Waals surface area (Å²) in [5.41, 5.74) is 4.23. The van der Waals surface area contributed by atoms with Crippen molar-refractivity contribution in [2.75, 3.05) is 46.5 Å². The van der Waals surface area contributed by atoms with Crippen molar-refractivity contribution in [3.63, 3.8) is 0 Å². The normalized spacial score (nSPS) is 18.5. The molecule has 1 atom stereocenters. The lowest BCUT2D eigenvalue weighted by Gasteiger charge is -2.29. The van der Waals surface area contributed by atoms with Gasteiger partial charge in [0.1, 0.15) is 11.4 Å². The Morgan fingerprint density at radius 2 is 1.82 bits per heavy atom. The van der Waals surface area contributed by atoms with Crippen molar-refractivity contribution in [3.05, 3.63) is 70.4 Å². The number of carbonyl (C=O) groups excluding carboxylic acids is 1. The number of hydrogen-bond donors (Lipinski definition) is 1. The fourth-order valence-corrected chi connectivity index (χ4v) is 4.80. The molecule has 0 saturated carbocycles. The molecule has 0 spiro atoms. The van der Waals surface area contributed by atoms with E-state index in [0.29, 0.717) is 17.3 Å². The van der Waals surface area contributed by atoms with E-state index in [9.17, 15) is 4.79 Å².